The topological polar surface area (TPSA) is 79.5 Å². The van der Waals surface area contributed by atoms with Gasteiger partial charge in [-0.05, 0) is 25.1 Å². The highest BCUT2D eigenvalue weighted by Crippen LogP contribution is 2.11. The molecule has 1 atom stereocenters. The van der Waals surface area contributed by atoms with Crippen molar-refractivity contribution in [3.8, 4) is 0 Å². The van der Waals surface area contributed by atoms with E-state index in [2.05, 4.69) is 4.98 Å². The maximum absolute atomic E-state index is 12.3. The van der Waals surface area contributed by atoms with Gasteiger partial charge in [0.05, 0.1) is 5.92 Å². The van der Waals surface area contributed by atoms with Crippen LogP contribution in [0, 0.1) is 5.92 Å². The van der Waals surface area contributed by atoms with E-state index in [1.165, 1.54) is 0 Å². The third-order valence-corrected chi connectivity index (χ3v) is 3.83. The van der Waals surface area contributed by atoms with Gasteiger partial charge in [0.2, 0.25) is 11.8 Å². The molecular formula is C15H22N4O2. The van der Waals surface area contributed by atoms with Crippen molar-refractivity contribution in [1.29, 1.82) is 0 Å². The van der Waals surface area contributed by atoms with Crippen LogP contribution in [0.4, 0.5) is 0 Å². The normalized spacial score (nSPS) is 20.0. The van der Waals surface area contributed by atoms with Crippen LogP contribution in [0.1, 0.15) is 12.0 Å². The molecule has 0 spiro atoms. The van der Waals surface area contributed by atoms with Crippen molar-refractivity contribution < 1.29 is 9.59 Å². The van der Waals surface area contributed by atoms with Crippen molar-refractivity contribution in [2.24, 2.45) is 11.7 Å². The maximum atomic E-state index is 12.3. The summed E-state index contributed by atoms with van der Waals surface area (Å²) >= 11 is 0. The number of carbonyl (C=O) groups is 2. The van der Waals surface area contributed by atoms with Crippen molar-refractivity contribution in [2.45, 2.75) is 12.8 Å². The summed E-state index contributed by atoms with van der Waals surface area (Å²) in [6.07, 6.45) is 4.59. The van der Waals surface area contributed by atoms with E-state index in [0.29, 0.717) is 32.5 Å². The average molecular weight is 290 g/mol. The Bertz CT molecular complexity index is 492. The molecule has 0 saturated carbocycles. The van der Waals surface area contributed by atoms with Crippen LogP contribution in [0.25, 0.3) is 0 Å². The van der Waals surface area contributed by atoms with Gasteiger partial charge in [-0.2, -0.15) is 0 Å². The standard InChI is InChI=1S/C15H22N4O2/c1-18-7-8-19(11-13(10-18)15(16)21)14(20)5-4-12-3-2-6-17-9-12/h2-3,6,9,13H,4-5,7-8,10-11H2,1H3,(H2,16,21)/t13-/m0/s1. The first-order chi connectivity index (χ1) is 10.1. The predicted octanol–water partition coefficient (Wildman–Crippen LogP) is -0.110. The Labute approximate surface area is 124 Å². The summed E-state index contributed by atoms with van der Waals surface area (Å²) in [5.41, 5.74) is 6.46. The van der Waals surface area contributed by atoms with Crippen molar-refractivity contribution in [2.75, 3.05) is 33.2 Å². The van der Waals surface area contributed by atoms with Crippen LogP contribution in [0.15, 0.2) is 24.5 Å². The van der Waals surface area contributed by atoms with E-state index in [4.69, 9.17) is 5.73 Å². The SMILES string of the molecule is CN1CCN(C(=O)CCc2cccnc2)C[C@@H](C(N)=O)C1. The summed E-state index contributed by atoms with van der Waals surface area (Å²) in [6.45, 7) is 2.45. The second-order valence-electron chi connectivity index (χ2n) is 5.56. The zero-order valence-corrected chi connectivity index (χ0v) is 12.4. The van der Waals surface area contributed by atoms with Gasteiger partial charge in [-0.1, -0.05) is 6.07 Å². The summed E-state index contributed by atoms with van der Waals surface area (Å²) < 4.78 is 0. The smallest absolute Gasteiger partial charge is 0.223 e. The Kier molecular flexibility index (Phi) is 5.27. The number of nitrogens with two attached hydrogens (primary N) is 1. The fourth-order valence-corrected chi connectivity index (χ4v) is 2.54. The number of nitrogens with zero attached hydrogens (tertiary/aromatic N) is 3. The highest BCUT2D eigenvalue weighted by Gasteiger charge is 2.27. The van der Waals surface area contributed by atoms with Gasteiger partial charge in [-0.15, -0.1) is 0 Å². The van der Waals surface area contributed by atoms with Crippen LogP contribution in [0.2, 0.25) is 0 Å². The molecule has 6 nitrogen and oxygen atoms in total. The number of aryl methyl sites for hydroxylation is 1. The molecule has 2 heterocycles. The van der Waals surface area contributed by atoms with Gasteiger partial charge in [0.15, 0.2) is 0 Å². The number of hydrogen-bond donors (Lipinski definition) is 1. The molecule has 114 valence electrons. The van der Waals surface area contributed by atoms with E-state index in [1.54, 1.807) is 17.3 Å². The van der Waals surface area contributed by atoms with Crippen LogP contribution < -0.4 is 5.73 Å². The molecule has 0 aliphatic carbocycles. The summed E-state index contributed by atoms with van der Waals surface area (Å²) in [5.74, 6) is -0.561. The van der Waals surface area contributed by atoms with Gasteiger partial charge in [0.25, 0.3) is 0 Å². The Morgan fingerprint density at radius 3 is 2.86 bits per heavy atom. The van der Waals surface area contributed by atoms with Gasteiger partial charge in [-0.3, -0.25) is 14.6 Å². The molecule has 1 aromatic heterocycles. The highest BCUT2D eigenvalue weighted by atomic mass is 16.2. The Hall–Kier alpha value is -1.95. The number of pyridine rings is 1. The largest absolute Gasteiger partial charge is 0.369 e. The Morgan fingerprint density at radius 1 is 1.38 bits per heavy atom. The van der Waals surface area contributed by atoms with Crippen LogP contribution >= 0.6 is 0 Å². The molecule has 1 aliphatic heterocycles. The molecule has 0 bridgehead atoms. The number of amides is 2. The summed E-state index contributed by atoms with van der Waals surface area (Å²) in [4.78, 5) is 31.6. The van der Waals surface area contributed by atoms with E-state index < -0.39 is 0 Å². The fraction of sp³-hybridized carbons (Fsp3) is 0.533. The Morgan fingerprint density at radius 2 is 2.19 bits per heavy atom. The summed E-state index contributed by atoms with van der Waals surface area (Å²) in [7, 11) is 1.94. The molecule has 1 aliphatic rings. The molecule has 1 aromatic rings. The zero-order chi connectivity index (χ0) is 15.2. The molecular weight excluding hydrogens is 268 g/mol. The van der Waals surface area contributed by atoms with Gasteiger partial charge < -0.3 is 15.5 Å². The lowest BCUT2D eigenvalue weighted by molar-refractivity contribution is -0.132. The highest BCUT2D eigenvalue weighted by molar-refractivity contribution is 5.80. The molecule has 0 radical (unpaired) electrons. The van der Waals surface area contributed by atoms with E-state index in [9.17, 15) is 9.59 Å². The molecule has 2 N–H and O–H groups in total. The minimum Gasteiger partial charge on any atom is -0.369 e. The van der Waals surface area contributed by atoms with Crippen LogP contribution in [0.5, 0.6) is 0 Å². The van der Waals surface area contributed by atoms with Crippen molar-refractivity contribution in [1.82, 2.24) is 14.8 Å². The predicted molar refractivity (Wildman–Crippen MR) is 79.3 cm³/mol. The lowest BCUT2D eigenvalue weighted by atomic mass is 10.1. The molecule has 0 unspecified atom stereocenters. The number of likely N-dealkylation sites (N-methyl/N-ethyl adjacent to an activating group) is 1. The molecule has 1 saturated heterocycles. The number of aromatic nitrogens is 1. The Balaban J connectivity index is 1.92. The van der Waals surface area contributed by atoms with Gasteiger partial charge in [0, 0.05) is 45.0 Å². The molecule has 2 rings (SSSR count). The maximum Gasteiger partial charge on any atom is 0.223 e. The van der Waals surface area contributed by atoms with Gasteiger partial charge in [0.1, 0.15) is 0 Å². The monoisotopic (exact) mass is 290 g/mol. The number of carbonyl (C=O) groups excluding carboxylic acids is 2. The van der Waals surface area contributed by atoms with E-state index >= 15 is 0 Å². The number of hydrogen-bond acceptors (Lipinski definition) is 4. The molecule has 0 aromatic carbocycles. The van der Waals surface area contributed by atoms with Crippen LogP contribution in [-0.4, -0.2) is 59.8 Å². The minimum absolute atomic E-state index is 0.0698. The molecule has 6 heteroatoms. The first-order valence-electron chi connectivity index (χ1n) is 7.21. The minimum atomic E-state index is -0.339. The average Bonchev–Trinajstić information content (AvgIpc) is 2.68. The second kappa shape index (κ2) is 7.17. The fourth-order valence-electron chi connectivity index (χ4n) is 2.54. The third kappa shape index (κ3) is 4.53. The summed E-state index contributed by atoms with van der Waals surface area (Å²) in [6, 6.07) is 3.83. The third-order valence-electron chi connectivity index (χ3n) is 3.83. The van der Waals surface area contributed by atoms with Crippen LogP contribution in [0.3, 0.4) is 0 Å². The first-order valence-corrected chi connectivity index (χ1v) is 7.21. The summed E-state index contributed by atoms with van der Waals surface area (Å²) in [5, 5.41) is 0. The van der Waals surface area contributed by atoms with Crippen LogP contribution in [-0.2, 0) is 16.0 Å². The zero-order valence-electron chi connectivity index (χ0n) is 12.4. The molecule has 21 heavy (non-hydrogen) atoms. The molecule has 1 fully saturated rings. The second-order valence-corrected chi connectivity index (χ2v) is 5.56. The lowest BCUT2D eigenvalue weighted by Crippen LogP contribution is -2.40. The van der Waals surface area contributed by atoms with Crippen molar-refractivity contribution in [3.63, 3.8) is 0 Å². The first kappa shape index (κ1) is 15.4. The lowest BCUT2D eigenvalue weighted by Gasteiger charge is -2.22. The van der Waals surface area contributed by atoms with E-state index in [0.717, 1.165) is 12.1 Å². The quantitative estimate of drug-likeness (QED) is 0.839. The van der Waals surface area contributed by atoms with Crippen molar-refractivity contribution >= 4 is 11.8 Å². The van der Waals surface area contributed by atoms with Gasteiger partial charge >= 0.3 is 0 Å². The van der Waals surface area contributed by atoms with Gasteiger partial charge in [-0.25, -0.2) is 0 Å². The van der Waals surface area contributed by atoms with E-state index in [1.807, 2.05) is 24.1 Å². The molecule has 2 amide bonds. The van der Waals surface area contributed by atoms with E-state index in [-0.39, 0.29) is 17.7 Å². The van der Waals surface area contributed by atoms with Crippen molar-refractivity contribution in [3.05, 3.63) is 30.1 Å². The number of rotatable bonds is 4. The number of primary amides is 1.